The van der Waals surface area contributed by atoms with Gasteiger partial charge >= 0.3 is 17.9 Å². The first-order valence-corrected chi connectivity index (χ1v) is 5.33. The Morgan fingerprint density at radius 2 is 1.59 bits per heavy atom. The molecule has 5 nitrogen and oxygen atoms in total. The molecule has 0 aromatic heterocycles. The van der Waals surface area contributed by atoms with Gasteiger partial charge in [-0.15, -0.1) is 0 Å². The molecule has 5 heteroatoms. The van der Waals surface area contributed by atoms with Gasteiger partial charge < -0.3 is 9.47 Å². The standard InChI is InChI=1S/C12H16O5/c1-3-5-9-16-10(13)7-8-12(15)17-11(14)6-4-2/h4,6-8H,3,5,9H2,1-2H3/b6-4?,8-7-. The molecule has 0 spiro atoms. The fourth-order valence-corrected chi connectivity index (χ4v) is 0.805. The molecule has 0 saturated carbocycles. The lowest BCUT2D eigenvalue weighted by atomic mass is 10.4. The molecule has 0 aliphatic heterocycles. The summed E-state index contributed by atoms with van der Waals surface area (Å²) >= 11 is 0. The first-order valence-electron chi connectivity index (χ1n) is 5.33. The molecule has 0 fully saturated rings. The lowest BCUT2D eigenvalue weighted by Crippen LogP contribution is -2.08. The summed E-state index contributed by atoms with van der Waals surface area (Å²) in [7, 11) is 0. The fraction of sp³-hybridized carbons (Fsp3) is 0.417. The van der Waals surface area contributed by atoms with Crippen molar-refractivity contribution < 1.29 is 23.9 Å². The number of hydrogen-bond donors (Lipinski definition) is 0. The molecule has 0 aromatic carbocycles. The van der Waals surface area contributed by atoms with Crippen LogP contribution in [0.4, 0.5) is 0 Å². The van der Waals surface area contributed by atoms with Crippen LogP contribution in [0.3, 0.4) is 0 Å². The summed E-state index contributed by atoms with van der Waals surface area (Å²) in [5.74, 6) is -2.31. The van der Waals surface area contributed by atoms with E-state index in [1.807, 2.05) is 6.92 Å². The minimum absolute atomic E-state index is 0.312. The monoisotopic (exact) mass is 240 g/mol. The second-order valence-electron chi connectivity index (χ2n) is 3.09. The topological polar surface area (TPSA) is 69.7 Å². The number of esters is 3. The second kappa shape index (κ2) is 9.33. The lowest BCUT2D eigenvalue weighted by molar-refractivity contribution is -0.152. The number of carbonyl (C=O) groups excluding carboxylic acids is 3. The van der Waals surface area contributed by atoms with Crippen LogP contribution in [0.25, 0.3) is 0 Å². The van der Waals surface area contributed by atoms with Crippen LogP contribution in [-0.4, -0.2) is 24.5 Å². The first kappa shape index (κ1) is 15.1. The van der Waals surface area contributed by atoms with Crippen LogP contribution in [0, 0.1) is 0 Å². The van der Waals surface area contributed by atoms with E-state index in [-0.39, 0.29) is 0 Å². The van der Waals surface area contributed by atoms with Gasteiger partial charge in [-0.25, -0.2) is 14.4 Å². The van der Waals surface area contributed by atoms with Crippen molar-refractivity contribution in [2.75, 3.05) is 6.61 Å². The van der Waals surface area contributed by atoms with Gasteiger partial charge in [0.15, 0.2) is 0 Å². The van der Waals surface area contributed by atoms with Crippen molar-refractivity contribution in [1.82, 2.24) is 0 Å². The molecule has 0 N–H and O–H groups in total. The Kier molecular flexibility index (Phi) is 8.28. The molecule has 0 bridgehead atoms. The molecule has 0 radical (unpaired) electrons. The predicted octanol–water partition coefficient (Wildman–Crippen LogP) is 1.53. The maximum absolute atomic E-state index is 11.0. The van der Waals surface area contributed by atoms with Crippen molar-refractivity contribution >= 4 is 17.9 Å². The zero-order valence-corrected chi connectivity index (χ0v) is 9.97. The second-order valence-corrected chi connectivity index (χ2v) is 3.09. The molecule has 0 aliphatic rings. The van der Waals surface area contributed by atoms with Gasteiger partial charge in [-0.05, 0) is 13.3 Å². The number of ether oxygens (including phenoxy) is 2. The van der Waals surface area contributed by atoms with Gasteiger partial charge in [-0.3, -0.25) is 0 Å². The minimum atomic E-state index is -0.902. The third kappa shape index (κ3) is 9.04. The molecule has 0 amide bonds. The lowest BCUT2D eigenvalue weighted by Gasteiger charge is -1.98. The van der Waals surface area contributed by atoms with Gasteiger partial charge in [0.1, 0.15) is 0 Å². The average molecular weight is 240 g/mol. The van der Waals surface area contributed by atoms with Crippen molar-refractivity contribution in [2.45, 2.75) is 26.7 Å². The van der Waals surface area contributed by atoms with Crippen molar-refractivity contribution in [3.63, 3.8) is 0 Å². The normalized spacial score (nSPS) is 10.7. The average Bonchev–Trinajstić information content (AvgIpc) is 2.27. The highest BCUT2D eigenvalue weighted by atomic mass is 16.6. The number of allylic oxidation sites excluding steroid dienone is 1. The minimum Gasteiger partial charge on any atom is -0.463 e. The van der Waals surface area contributed by atoms with E-state index < -0.39 is 17.9 Å². The van der Waals surface area contributed by atoms with Crippen molar-refractivity contribution in [2.24, 2.45) is 0 Å². The molecule has 0 saturated heterocycles. The summed E-state index contributed by atoms with van der Waals surface area (Å²) in [6, 6.07) is 0. The summed E-state index contributed by atoms with van der Waals surface area (Å²) in [5.41, 5.74) is 0. The smallest absolute Gasteiger partial charge is 0.338 e. The first-order chi connectivity index (χ1) is 8.10. The number of carbonyl (C=O) groups is 3. The van der Waals surface area contributed by atoms with E-state index in [2.05, 4.69) is 4.74 Å². The Balaban J connectivity index is 3.94. The van der Waals surface area contributed by atoms with E-state index in [1.165, 1.54) is 6.08 Å². The summed E-state index contributed by atoms with van der Waals surface area (Å²) in [6.07, 6.45) is 6.01. The van der Waals surface area contributed by atoms with E-state index in [0.717, 1.165) is 31.1 Å². The number of rotatable bonds is 6. The summed E-state index contributed by atoms with van der Waals surface area (Å²) in [4.78, 5) is 32.8. The van der Waals surface area contributed by atoms with Gasteiger partial charge in [-0.1, -0.05) is 19.4 Å². The largest absolute Gasteiger partial charge is 0.463 e. The van der Waals surface area contributed by atoms with Gasteiger partial charge in [0.2, 0.25) is 0 Å². The maximum atomic E-state index is 11.0. The maximum Gasteiger partial charge on any atom is 0.338 e. The zero-order chi connectivity index (χ0) is 13.1. The van der Waals surface area contributed by atoms with Gasteiger partial charge in [0, 0.05) is 18.2 Å². The summed E-state index contributed by atoms with van der Waals surface area (Å²) in [5, 5.41) is 0. The third-order valence-electron chi connectivity index (χ3n) is 1.60. The van der Waals surface area contributed by atoms with Crippen LogP contribution in [0.5, 0.6) is 0 Å². The molecular formula is C12H16O5. The van der Waals surface area contributed by atoms with Crippen LogP contribution in [0.1, 0.15) is 26.7 Å². The third-order valence-corrected chi connectivity index (χ3v) is 1.60. The quantitative estimate of drug-likeness (QED) is 0.305. The Labute approximate surface area is 100 Å². The molecule has 0 unspecified atom stereocenters. The van der Waals surface area contributed by atoms with Crippen LogP contribution in [0.2, 0.25) is 0 Å². The van der Waals surface area contributed by atoms with E-state index in [1.54, 1.807) is 6.92 Å². The van der Waals surface area contributed by atoms with Crippen molar-refractivity contribution in [1.29, 1.82) is 0 Å². The fourth-order valence-electron chi connectivity index (χ4n) is 0.805. The Hall–Kier alpha value is -1.91. The molecule has 17 heavy (non-hydrogen) atoms. The molecule has 0 aromatic rings. The van der Waals surface area contributed by atoms with Crippen LogP contribution >= 0.6 is 0 Å². The highest BCUT2D eigenvalue weighted by Crippen LogP contribution is 1.91. The van der Waals surface area contributed by atoms with Crippen LogP contribution in [0.15, 0.2) is 24.3 Å². The Bertz CT molecular complexity index is 328. The van der Waals surface area contributed by atoms with E-state index in [4.69, 9.17) is 4.74 Å². The summed E-state index contributed by atoms with van der Waals surface area (Å²) in [6.45, 7) is 3.90. The van der Waals surface area contributed by atoms with E-state index >= 15 is 0 Å². The van der Waals surface area contributed by atoms with Crippen molar-refractivity contribution in [3.8, 4) is 0 Å². The molecule has 0 rings (SSSR count). The van der Waals surface area contributed by atoms with E-state index in [0.29, 0.717) is 6.61 Å². The SMILES string of the molecule is CC=CC(=O)OC(=O)/C=C\C(=O)OCCCC. The number of unbranched alkanes of at least 4 members (excludes halogenated alkanes) is 1. The predicted molar refractivity (Wildman–Crippen MR) is 60.9 cm³/mol. The van der Waals surface area contributed by atoms with Crippen LogP contribution in [-0.2, 0) is 23.9 Å². The van der Waals surface area contributed by atoms with Gasteiger partial charge in [-0.2, -0.15) is 0 Å². The molecular weight excluding hydrogens is 224 g/mol. The molecule has 0 atom stereocenters. The van der Waals surface area contributed by atoms with Gasteiger partial charge in [0.05, 0.1) is 6.61 Å². The zero-order valence-electron chi connectivity index (χ0n) is 9.97. The van der Waals surface area contributed by atoms with E-state index in [9.17, 15) is 14.4 Å². The van der Waals surface area contributed by atoms with Gasteiger partial charge in [0.25, 0.3) is 0 Å². The Morgan fingerprint density at radius 1 is 1.00 bits per heavy atom. The molecule has 0 heterocycles. The Morgan fingerprint density at radius 3 is 2.18 bits per heavy atom. The highest BCUT2D eigenvalue weighted by molar-refractivity contribution is 5.99. The highest BCUT2D eigenvalue weighted by Gasteiger charge is 2.04. The van der Waals surface area contributed by atoms with Crippen molar-refractivity contribution in [3.05, 3.63) is 24.3 Å². The number of hydrogen-bond acceptors (Lipinski definition) is 5. The molecule has 0 aliphatic carbocycles. The van der Waals surface area contributed by atoms with Crippen LogP contribution < -0.4 is 0 Å². The molecule has 94 valence electrons. The summed E-state index contributed by atoms with van der Waals surface area (Å²) < 4.78 is 9.06.